The highest BCUT2D eigenvalue weighted by molar-refractivity contribution is 5.45. The minimum Gasteiger partial charge on any atom is -0.488 e. The fraction of sp³-hybridized carbons (Fsp3) is 0.400. The van der Waals surface area contributed by atoms with Gasteiger partial charge in [0.05, 0.1) is 6.04 Å². The van der Waals surface area contributed by atoms with Gasteiger partial charge in [0.15, 0.2) is 11.6 Å². The van der Waals surface area contributed by atoms with Crippen LogP contribution in [0.15, 0.2) is 12.1 Å². The van der Waals surface area contributed by atoms with E-state index in [0.717, 1.165) is 11.1 Å². The number of fused-ring (bicyclic) bond motifs is 1. The highest BCUT2D eigenvalue weighted by Gasteiger charge is 2.27. The second-order valence-corrected chi connectivity index (χ2v) is 3.26. The molecule has 0 fully saturated rings. The van der Waals surface area contributed by atoms with E-state index in [4.69, 9.17) is 4.74 Å². The molecule has 1 aliphatic rings. The first-order chi connectivity index (χ1) is 6.24. The molecule has 1 aliphatic heterocycles. The largest absolute Gasteiger partial charge is 0.488 e. The first kappa shape index (κ1) is 8.51. The SMILES string of the molecule is CNC1COc2c(F)ccc(C)c21. The number of halogens is 1. The molecule has 0 spiro atoms. The summed E-state index contributed by atoms with van der Waals surface area (Å²) < 4.78 is 18.5. The molecule has 3 heteroatoms. The van der Waals surface area contributed by atoms with Crippen LogP contribution >= 0.6 is 0 Å². The van der Waals surface area contributed by atoms with Gasteiger partial charge in [0.1, 0.15) is 6.61 Å². The molecule has 0 amide bonds. The molecule has 1 unspecified atom stereocenters. The van der Waals surface area contributed by atoms with Crippen LogP contribution in [-0.4, -0.2) is 13.7 Å². The molecule has 1 atom stereocenters. The quantitative estimate of drug-likeness (QED) is 0.713. The second kappa shape index (κ2) is 3.00. The lowest BCUT2D eigenvalue weighted by Crippen LogP contribution is -2.17. The summed E-state index contributed by atoms with van der Waals surface area (Å²) >= 11 is 0. The van der Waals surface area contributed by atoms with Crippen LogP contribution in [0.3, 0.4) is 0 Å². The van der Waals surface area contributed by atoms with E-state index in [1.54, 1.807) is 6.07 Å². The van der Waals surface area contributed by atoms with Crippen molar-refractivity contribution in [3.05, 3.63) is 29.1 Å². The summed E-state index contributed by atoms with van der Waals surface area (Å²) in [5, 5.41) is 3.10. The molecule has 0 aromatic heterocycles. The number of benzene rings is 1. The van der Waals surface area contributed by atoms with E-state index in [1.807, 2.05) is 14.0 Å². The Morgan fingerprint density at radius 1 is 1.54 bits per heavy atom. The van der Waals surface area contributed by atoms with Crippen molar-refractivity contribution in [2.75, 3.05) is 13.7 Å². The van der Waals surface area contributed by atoms with Gasteiger partial charge in [0, 0.05) is 5.56 Å². The third-order valence-corrected chi connectivity index (χ3v) is 2.46. The number of hydrogen-bond donors (Lipinski definition) is 1. The highest BCUT2D eigenvalue weighted by atomic mass is 19.1. The van der Waals surface area contributed by atoms with Crippen LogP contribution in [0.1, 0.15) is 17.2 Å². The standard InChI is InChI=1S/C10H12FNO/c1-6-3-4-7(11)10-9(6)8(12-2)5-13-10/h3-4,8,12H,5H2,1-2H3. The summed E-state index contributed by atoms with van der Waals surface area (Å²) in [6.45, 7) is 2.49. The van der Waals surface area contributed by atoms with Crippen molar-refractivity contribution in [2.24, 2.45) is 0 Å². The zero-order valence-corrected chi connectivity index (χ0v) is 7.73. The van der Waals surface area contributed by atoms with E-state index in [2.05, 4.69) is 5.32 Å². The fourth-order valence-corrected chi connectivity index (χ4v) is 1.73. The molecule has 0 bridgehead atoms. The van der Waals surface area contributed by atoms with Gasteiger partial charge >= 0.3 is 0 Å². The average Bonchev–Trinajstić information content (AvgIpc) is 2.56. The molecule has 0 saturated carbocycles. The molecule has 2 rings (SSSR count). The maximum Gasteiger partial charge on any atom is 0.165 e. The Bertz CT molecular complexity index is 338. The molecule has 1 aromatic rings. The van der Waals surface area contributed by atoms with Gasteiger partial charge in [-0.2, -0.15) is 0 Å². The van der Waals surface area contributed by atoms with Gasteiger partial charge in [-0.05, 0) is 25.6 Å². The number of aryl methyl sites for hydroxylation is 1. The highest BCUT2D eigenvalue weighted by Crippen LogP contribution is 2.36. The number of nitrogens with one attached hydrogen (secondary N) is 1. The Kier molecular flexibility index (Phi) is 1.96. The third kappa shape index (κ3) is 1.20. The first-order valence-electron chi connectivity index (χ1n) is 4.33. The molecule has 2 nitrogen and oxygen atoms in total. The van der Waals surface area contributed by atoms with Gasteiger partial charge in [0.2, 0.25) is 0 Å². The Balaban J connectivity index is 2.55. The van der Waals surface area contributed by atoms with E-state index in [-0.39, 0.29) is 11.9 Å². The predicted octanol–water partition coefficient (Wildman–Crippen LogP) is 1.79. The summed E-state index contributed by atoms with van der Waals surface area (Å²) in [4.78, 5) is 0. The van der Waals surface area contributed by atoms with E-state index in [1.165, 1.54) is 6.07 Å². The van der Waals surface area contributed by atoms with Crippen LogP contribution in [0.2, 0.25) is 0 Å². The molecule has 0 saturated heterocycles. The zero-order chi connectivity index (χ0) is 9.42. The van der Waals surface area contributed by atoms with E-state index < -0.39 is 0 Å². The van der Waals surface area contributed by atoms with Crippen molar-refractivity contribution >= 4 is 0 Å². The van der Waals surface area contributed by atoms with Crippen LogP contribution in [0, 0.1) is 12.7 Å². The number of ether oxygens (including phenoxy) is 1. The summed E-state index contributed by atoms with van der Waals surface area (Å²) in [5.74, 6) is 0.151. The van der Waals surface area contributed by atoms with E-state index in [9.17, 15) is 4.39 Å². The third-order valence-electron chi connectivity index (χ3n) is 2.46. The lowest BCUT2D eigenvalue weighted by atomic mass is 10.0. The summed E-state index contributed by atoms with van der Waals surface area (Å²) in [5.41, 5.74) is 2.04. The number of likely N-dealkylation sites (N-methyl/N-ethyl adjacent to an activating group) is 1. The molecule has 0 aliphatic carbocycles. The van der Waals surface area contributed by atoms with Gasteiger partial charge in [-0.25, -0.2) is 4.39 Å². The van der Waals surface area contributed by atoms with Crippen molar-refractivity contribution in [1.82, 2.24) is 5.32 Å². The van der Waals surface area contributed by atoms with E-state index in [0.29, 0.717) is 12.4 Å². The lowest BCUT2D eigenvalue weighted by Gasteiger charge is -2.09. The average molecular weight is 181 g/mol. The first-order valence-corrected chi connectivity index (χ1v) is 4.33. The maximum absolute atomic E-state index is 13.2. The van der Waals surface area contributed by atoms with Crippen LogP contribution in [-0.2, 0) is 0 Å². The molecule has 0 radical (unpaired) electrons. The normalized spacial score (nSPS) is 19.8. The summed E-state index contributed by atoms with van der Waals surface area (Å²) in [7, 11) is 1.85. The van der Waals surface area contributed by atoms with Gasteiger partial charge in [-0.1, -0.05) is 6.07 Å². The smallest absolute Gasteiger partial charge is 0.165 e. The van der Waals surface area contributed by atoms with E-state index >= 15 is 0 Å². The molecule has 1 aromatic carbocycles. The fourth-order valence-electron chi connectivity index (χ4n) is 1.73. The molecule has 1 heterocycles. The Hall–Kier alpha value is -1.09. The van der Waals surface area contributed by atoms with Gasteiger partial charge in [-0.15, -0.1) is 0 Å². The second-order valence-electron chi connectivity index (χ2n) is 3.26. The zero-order valence-electron chi connectivity index (χ0n) is 7.73. The Morgan fingerprint density at radius 2 is 2.31 bits per heavy atom. The molecule has 70 valence electrons. The molecular weight excluding hydrogens is 169 g/mol. The van der Waals surface area contributed by atoms with Crippen LogP contribution in [0.4, 0.5) is 4.39 Å². The van der Waals surface area contributed by atoms with Crippen molar-refractivity contribution in [3.8, 4) is 5.75 Å². The van der Waals surface area contributed by atoms with Gasteiger partial charge < -0.3 is 10.1 Å². The van der Waals surface area contributed by atoms with Crippen LogP contribution < -0.4 is 10.1 Å². The molecule has 1 N–H and O–H groups in total. The van der Waals surface area contributed by atoms with Crippen molar-refractivity contribution in [3.63, 3.8) is 0 Å². The van der Waals surface area contributed by atoms with Crippen LogP contribution in [0.25, 0.3) is 0 Å². The van der Waals surface area contributed by atoms with Crippen molar-refractivity contribution in [1.29, 1.82) is 0 Å². The monoisotopic (exact) mass is 181 g/mol. The number of rotatable bonds is 1. The summed E-state index contributed by atoms with van der Waals surface area (Å²) in [6.07, 6.45) is 0. The molecular formula is C10H12FNO. The minimum absolute atomic E-state index is 0.130. The predicted molar refractivity (Wildman–Crippen MR) is 48.4 cm³/mol. The summed E-state index contributed by atoms with van der Waals surface area (Å²) in [6, 6.07) is 3.37. The van der Waals surface area contributed by atoms with Crippen LogP contribution in [0.5, 0.6) is 5.75 Å². The molecule has 13 heavy (non-hydrogen) atoms. The minimum atomic E-state index is -0.265. The lowest BCUT2D eigenvalue weighted by molar-refractivity contribution is 0.306. The maximum atomic E-state index is 13.2. The topological polar surface area (TPSA) is 21.3 Å². The Morgan fingerprint density at radius 3 is 3.00 bits per heavy atom. The Labute approximate surface area is 76.7 Å². The van der Waals surface area contributed by atoms with Gasteiger partial charge in [0.25, 0.3) is 0 Å². The van der Waals surface area contributed by atoms with Crippen molar-refractivity contribution in [2.45, 2.75) is 13.0 Å². The van der Waals surface area contributed by atoms with Gasteiger partial charge in [-0.3, -0.25) is 0 Å². The van der Waals surface area contributed by atoms with Crippen molar-refractivity contribution < 1.29 is 9.13 Å². The number of hydrogen-bond acceptors (Lipinski definition) is 2.